The number of ether oxygens (including phenoxy) is 1. The first-order valence-electron chi connectivity index (χ1n) is 13.2. The lowest BCUT2D eigenvalue weighted by molar-refractivity contribution is -0.127. The average molecular weight is 534 g/mol. The van der Waals surface area contributed by atoms with Crippen molar-refractivity contribution < 1.29 is 17.9 Å². The molecule has 0 bridgehead atoms. The highest BCUT2D eigenvalue weighted by Crippen LogP contribution is 2.37. The molecule has 3 aromatic rings. The second-order valence-electron chi connectivity index (χ2n) is 10.3. The van der Waals surface area contributed by atoms with E-state index < -0.39 is 16.1 Å². The van der Waals surface area contributed by atoms with Gasteiger partial charge in [0.1, 0.15) is 5.75 Å². The van der Waals surface area contributed by atoms with Crippen LogP contribution in [0.25, 0.3) is 0 Å². The van der Waals surface area contributed by atoms with E-state index in [1.165, 1.54) is 29.1 Å². The molecule has 0 aromatic heterocycles. The second-order valence-corrected chi connectivity index (χ2v) is 12.2. The van der Waals surface area contributed by atoms with Crippen LogP contribution >= 0.6 is 0 Å². The Hall–Kier alpha value is -3.36. The van der Waals surface area contributed by atoms with Crippen LogP contribution < -0.4 is 14.4 Å². The Morgan fingerprint density at radius 1 is 0.895 bits per heavy atom. The number of benzene rings is 3. The Labute approximate surface area is 225 Å². The number of carbonyl (C=O) groups is 1. The molecule has 2 aliphatic heterocycles. The molecule has 8 heteroatoms. The predicted octanol–water partition coefficient (Wildman–Crippen LogP) is 4.56. The Balaban J connectivity index is 1.28. The number of carbonyl (C=O) groups excluding carboxylic acids is 1. The zero-order chi connectivity index (χ0) is 26.7. The van der Waals surface area contributed by atoms with Crippen LogP contribution in [0, 0.1) is 13.8 Å². The number of piperidine rings is 1. The maximum atomic E-state index is 13.6. The van der Waals surface area contributed by atoms with Crippen LogP contribution in [0.4, 0.5) is 5.69 Å². The Bertz CT molecular complexity index is 1380. The van der Waals surface area contributed by atoms with Crippen molar-refractivity contribution in [3.63, 3.8) is 0 Å². The molecular weight excluding hydrogens is 498 g/mol. The van der Waals surface area contributed by atoms with Crippen LogP contribution in [0.1, 0.15) is 41.5 Å². The van der Waals surface area contributed by atoms with Crippen molar-refractivity contribution in [2.24, 2.45) is 0 Å². The number of hydrogen-bond donors (Lipinski definition) is 1. The van der Waals surface area contributed by atoms with E-state index in [9.17, 15) is 13.2 Å². The minimum Gasteiger partial charge on any atom is -0.476 e. The number of nitrogens with zero attached hydrogens (tertiary/aromatic N) is 2. The number of rotatable bonds is 7. The number of amides is 1. The fourth-order valence-electron chi connectivity index (χ4n) is 5.00. The van der Waals surface area contributed by atoms with E-state index in [1.807, 2.05) is 32.0 Å². The molecule has 1 fully saturated rings. The number of likely N-dealkylation sites (tertiary alicyclic amines) is 1. The van der Waals surface area contributed by atoms with Gasteiger partial charge in [-0.15, -0.1) is 0 Å². The second kappa shape index (κ2) is 11.2. The molecular formula is C30H35N3O4S. The zero-order valence-corrected chi connectivity index (χ0v) is 22.8. The molecule has 0 aliphatic carbocycles. The molecule has 38 heavy (non-hydrogen) atoms. The van der Waals surface area contributed by atoms with Crippen LogP contribution in [-0.2, 0) is 27.9 Å². The lowest BCUT2D eigenvalue weighted by Crippen LogP contribution is -2.50. The van der Waals surface area contributed by atoms with Crippen molar-refractivity contribution in [2.75, 3.05) is 23.9 Å². The number of nitrogens with one attached hydrogen (secondary N) is 1. The van der Waals surface area contributed by atoms with Crippen molar-refractivity contribution in [1.82, 2.24) is 10.2 Å². The van der Waals surface area contributed by atoms with Crippen LogP contribution in [0.5, 0.6) is 5.75 Å². The summed E-state index contributed by atoms with van der Waals surface area (Å²) in [5, 5.41) is 2.94. The van der Waals surface area contributed by atoms with Crippen molar-refractivity contribution >= 4 is 21.6 Å². The van der Waals surface area contributed by atoms with Gasteiger partial charge in [0.15, 0.2) is 6.10 Å². The predicted molar refractivity (Wildman–Crippen MR) is 149 cm³/mol. The summed E-state index contributed by atoms with van der Waals surface area (Å²) < 4.78 is 34.6. The van der Waals surface area contributed by atoms with E-state index in [0.717, 1.165) is 36.3 Å². The van der Waals surface area contributed by atoms with E-state index in [1.54, 1.807) is 36.4 Å². The van der Waals surface area contributed by atoms with E-state index >= 15 is 0 Å². The molecule has 3 aromatic carbocycles. The van der Waals surface area contributed by atoms with E-state index in [2.05, 4.69) is 22.3 Å². The zero-order valence-electron chi connectivity index (χ0n) is 22.0. The van der Waals surface area contributed by atoms with Gasteiger partial charge in [0.05, 0.1) is 17.1 Å². The van der Waals surface area contributed by atoms with Gasteiger partial charge in [0.25, 0.3) is 15.9 Å². The standard InChI is InChI=1S/C30H35N3O4S/c1-22-6-13-26(14-7-22)38(35,36)33-21-29(37-28-15-8-23(2)18-27(28)33)30(34)31-19-24-9-11-25(12-10-24)20-32-16-4-3-5-17-32/h6-15,18,29H,3-5,16-17,19-21H2,1-2H3,(H,31,34)/t29-/m1/s1. The Kier molecular flexibility index (Phi) is 7.72. The molecule has 0 saturated carbocycles. The third kappa shape index (κ3) is 5.87. The van der Waals surface area contributed by atoms with Gasteiger partial charge >= 0.3 is 0 Å². The van der Waals surface area contributed by atoms with Crippen molar-refractivity contribution in [3.05, 3.63) is 89.0 Å². The maximum absolute atomic E-state index is 13.6. The van der Waals surface area contributed by atoms with Gasteiger partial charge in [-0.05, 0) is 80.7 Å². The lowest BCUT2D eigenvalue weighted by Gasteiger charge is -2.35. The first kappa shape index (κ1) is 26.3. The van der Waals surface area contributed by atoms with Crippen LogP contribution in [-0.4, -0.2) is 45.0 Å². The first-order chi connectivity index (χ1) is 18.3. The molecule has 200 valence electrons. The fourth-order valence-corrected chi connectivity index (χ4v) is 6.47. The molecule has 2 heterocycles. The summed E-state index contributed by atoms with van der Waals surface area (Å²) in [5.74, 6) is 0.0254. The molecule has 1 N–H and O–H groups in total. The minimum atomic E-state index is -3.89. The van der Waals surface area contributed by atoms with Gasteiger partial charge < -0.3 is 10.1 Å². The maximum Gasteiger partial charge on any atom is 0.264 e. The summed E-state index contributed by atoms with van der Waals surface area (Å²) in [6.07, 6.45) is 2.88. The third-order valence-electron chi connectivity index (χ3n) is 7.23. The SMILES string of the molecule is Cc1ccc(S(=O)(=O)N2C[C@H](C(=O)NCc3ccc(CN4CCCCC4)cc3)Oc3ccc(C)cc32)cc1. The molecule has 7 nitrogen and oxygen atoms in total. The molecule has 0 unspecified atom stereocenters. The van der Waals surface area contributed by atoms with Gasteiger partial charge in [-0.2, -0.15) is 0 Å². The van der Waals surface area contributed by atoms with Gasteiger partial charge in [-0.3, -0.25) is 14.0 Å². The molecule has 0 spiro atoms. The Morgan fingerprint density at radius 3 is 2.26 bits per heavy atom. The highest BCUT2D eigenvalue weighted by Gasteiger charge is 2.37. The first-order valence-corrected chi connectivity index (χ1v) is 14.7. The highest BCUT2D eigenvalue weighted by molar-refractivity contribution is 7.92. The van der Waals surface area contributed by atoms with Crippen molar-refractivity contribution in [1.29, 1.82) is 0 Å². The summed E-state index contributed by atoms with van der Waals surface area (Å²) in [5.41, 5.74) is 4.57. The fraction of sp³-hybridized carbons (Fsp3) is 0.367. The van der Waals surface area contributed by atoms with Crippen LogP contribution in [0.2, 0.25) is 0 Å². The normalized spacial score (nSPS) is 17.9. The average Bonchev–Trinajstić information content (AvgIpc) is 2.92. The smallest absolute Gasteiger partial charge is 0.264 e. The van der Waals surface area contributed by atoms with Crippen LogP contribution in [0.3, 0.4) is 0 Å². The monoisotopic (exact) mass is 533 g/mol. The number of hydrogen-bond acceptors (Lipinski definition) is 5. The molecule has 0 radical (unpaired) electrons. The topological polar surface area (TPSA) is 79.0 Å². The molecule has 5 rings (SSSR count). The van der Waals surface area contributed by atoms with Gasteiger partial charge in [0.2, 0.25) is 0 Å². The third-order valence-corrected chi connectivity index (χ3v) is 9.02. The summed E-state index contributed by atoms with van der Waals surface area (Å²) in [6.45, 7) is 7.30. The summed E-state index contributed by atoms with van der Waals surface area (Å²) in [7, 11) is -3.89. The quantitative estimate of drug-likeness (QED) is 0.482. The summed E-state index contributed by atoms with van der Waals surface area (Å²) >= 11 is 0. The molecule has 2 aliphatic rings. The number of anilines is 1. The number of fused-ring (bicyclic) bond motifs is 1. The van der Waals surface area contributed by atoms with Crippen LogP contribution in [0.15, 0.2) is 71.6 Å². The molecule has 1 amide bonds. The van der Waals surface area contributed by atoms with E-state index in [-0.39, 0.29) is 17.3 Å². The van der Waals surface area contributed by atoms with E-state index in [0.29, 0.717) is 18.0 Å². The summed E-state index contributed by atoms with van der Waals surface area (Å²) in [4.78, 5) is 15.8. The minimum absolute atomic E-state index is 0.104. The lowest BCUT2D eigenvalue weighted by atomic mass is 10.1. The van der Waals surface area contributed by atoms with Gasteiger partial charge in [0, 0.05) is 13.1 Å². The van der Waals surface area contributed by atoms with Gasteiger partial charge in [-0.25, -0.2) is 8.42 Å². The van der Waals surface area contributed by atoms with Crippen molar-refractivity contribution in [2.45, 2.75) is 57.2 Å². The Morgan fingerprint density at radius 2 is 1.55 bits per heavy atom. The number of aryl methyl sites for hydroxylation is 2. The largest absolute Gasteiger partial charge is 0.476 e. The van der Waals surface area contributed by atoms with E-state index in [4.69, 9.17) is 4.74 Å². The summed E-state index contributed by atoms with van der Waals surface area (Å²) in [6, 6.07) is 20.4. The van der Waals surface area contributed by atoms with Crippen molar-refractivity contribution in [3.8, 4) is 5.75 Å². The molecule has 1 atom stereocenters. The number of sulfonamides is 1. The molecule has 1 saturated heterocycles. The van der Waals surface area contributed by atoms with Gasteiger partial charge in [-0.1, -0.05) is 54.4 Å². The highest BCUT2D eigenvalue weighted by atomic mass is 32.2.